The van der Waals surface area contributed by atoms with Gasteiger partial charge in [-0.15, -0.1) is 0 Å². The molecule has 3 rings (SSSR count). The number of hydrogen-bond donors (Lipinski definition) is 0. The lowest BCUT2D eigenvalue weighted by atomic mass is 10.3. The number of fused-ring (bicyclic) bond motifs is 1. The molecule has 0 N–H and O–H groups in total. The molecular weight excluding hydrogens is 308 g/mol. The van der Waals surface area contributed by atoms with E-state index in [1.165, 1.54) is 30.0 Å². The summed E-state index contributed by atoms with van der Waals surface area (Å²) in [5.41, 5.74) is -0.0535. The van der Waals surface area contributed by atoms with Gasteiger partial charge in [-0.1, -0.05) is 11.8 Å². The Kier molecular flexibility index (Phi) is 3.55. The van der Waals surface area contributed by atoms with Crippen molar-refractivity contribution in [3.05, 3.63) is 67.3 Å². The van der Waals surface area contributed by atoms with E-state index in [0.29, 0.717) is 5.36 Å². The van der Waals surface area contributed by atoms with Gasteiger partial charge in [-0.2, -0.15) is 0 Å². The van der Waals surface area contributed by atoms with E-state index in [1.54, 1.807) is 18.2 Å². The molecule has 0 radical (unpaired) electrons. The summed E-state index contributed by atoms with van der Waals surface area (Å²) in [7, 11) is 0. The summed E-state index contributed by atoms with van der Waals surface area (Å²) < 4.78 is 0. The molecule has 1 heterocycles. The Labute approximate surface area is 127 Å². The average molecular weight is 316 g/mol. The van der Waals surface area contributed by atoms with Gasteiger partial charge in [-0.05, 0) is 18.2 Å². The van der Waals surface area contributed by atoms with Crippen LogP contribution in [0.3, 0.4) is 0 Å². The maximum absolute atomic E-state index is 11.0. The molecule has 0 atom stereocenters. The monoisotopic (exact) mass is 316 g/mol. The highest BCUT2D eigenvalue weighted by Crippen LogP contribution is 2.27. The highest BCUT2D eigenvalue weighted by atomic mass is 32.2. The number of nitro groups is 2. The quantitative estimate of drug-likeness (QED) is 0.631. The van der Waals surface area contributed by atoms with Crippen LogP contribution < -0.4 is 10.7 Å². The van der Waals surface area contributed by atoms with Crippen LogP contribution in [0.15, 0.2) is 56.2 Å². The van der Waals surface area contributed by atoms with Crippen molar-refractivity contribution in [2.75, 3.05) is 6.67 Å². The molecule has 22 heavy (non-hydrogen) atoms. The predicted molar refractivity (Wildman–Crippen MR) is 77.5 cm³/mol. The lowest BCUT2D eigenvalue weighted by Crippen LogP contribution is -2.26. The molecule has 0 unspecified atom stereocenters. The Balaban J connectivity index is 1.98. The summed E-state index contributed by atoms with van der Waals surface area (Å²) in [6.45, 7) is 0.175. The Morgan fingerprint density at radius 3 is 2.23 bits per heavy atom. The molecule has 0 aromatic heterocycles. The minimum atomic E-state index is -0.483. The first-order chi connectivity index (χ1) is 10.6. The van der Waals surface area contributed by atoms with E-state index < -0.39 is 9.85 Å². The first-order valence-electron chi connectivity index (χ1n) is 6.15. The van der Waals surface area contributed by atoms with E-state index in [1.807, 2.05) is 0 Å². The van der Waals surface area contributed by atoms with Crippen LogP contribution in [0, 0.1) is 20.2 Å². The van der Waals surface area contributed by atoms with Crippen molar-refractivity contribution in [2.24, 2.45) is 9.98 Å². The zero-order chi connectivity index (χ0) is 15.7. The Hall–Kier alpha value is -2.81. The van der Waals surface area contributed by atoms with E-state index in [-0.39, 0.29) is 23.4 Å². The average Bonchev–Trinajstić information content (AvgIpc) is 2.97. The Bertz CT molecular complexity index is 895. The topological polar surface area (TPSA) is 111 Å². The molecule has 0 aliphatic carbocycles. The minimum absolute atomic E-state index is 0.0120. The van der Waals surface area contributed by atoms with Crippen molar-refractivity contribution in [1.29, 1.82) is 0 Å². The fraction of sp³-hybridized carbons (Fsp3) is 0.0769. The summed E-state index contributed by atoms with van der Waals surface area (Å²) in [6.07, 6.45) is 0. The van der Waals surface area contributed by atoms with Crippen LogP contribution >= 0.6 is 11.8 Å². The van der Waals surface area contributed by atoms with Crippen molar-refractivity contribution < 1.29 is 9.85 Å². The molecule has 0 spiro atoms. The zero-order valence-electron chi connectivity index (χ0n) is 11.0. The number of benzene rings is 2. The highest BCUT2D eigenvalue weighted by molar-refractivity contribution is 7.99. The van der Waals surface area contributed by atoms with Gasteiger partial charge >= 0.3 is 0 Å². The Morgan fingerprint density at radius 2 is 1.59 bits per heavy atom. The number of nitrogens with zero attached hydrogens (tertiary/aromatic N) is 4. The molecule has 2 aromatic rings. The van der Waals surface area contributed by atoms with E-state index in [2.05, 4.69) is 9.98 Å². The van der Waals surface area contributed by atoms with Gasteiger partial charge in [-0.3, -0.25) is 30.2 Å². The van der Waals surface area contributed by atoms with Crippen molar-refractivity contribution in [3.63, 3.8) is 0 Å². The number of nitro benzene ring substituents is 2. The van der Waals surface area contributed by atoms with Gasteiger partial charge in [0, 0.05) is 28.0 Å². The normalized spacial score (nSPS) is 12.2. The van der Waals surface area contributed by atoms with Crippen molar-refractivity contribution in [3.8, 4) is 0 Å². The minimum Gasteiger partial charge on any atom is -0.258 e. The highest BCUT2D eigenvalue weighted by Gasteiger charge is 2.17. The third-order valence-electron chi connectivity index (χ3n) is 3.02. The standard InChI is InChI=1S/C13H8N4O4S/c18-16(19)8-1-3-9(4-2-8)22-11-6-5-10(17(20)21)12-13(11)15-7-14-12/h1-6H,7H2. The summed E-state index contributed by atoms with van der Waals surface area (Å²) in [5, 5.41) is 22.4. The van der Waals surface area contributed by atoms with Crippen LogP contribution in [0.2, 0.25) is 0 Å². The maximum atomic E-state index is 11.0. The van der Waals surface area contributed by atoms with Crippen LogP contribution in [-0.4, -0.2) is 16.5 Å². The third kappa shape index (κ3) is 2.53. The summed E-state index contributed by atoms with van der Waals surface area (Å²) in [6, 6.07) is 9.10. The van der Waals surface area contributed by atoms with E-state index in [9.17, 15) is 20.2 Å². The lowest BCUT2D eigenvalue weighted by molar-refractivity contribution is -0.386. The largest absolute Gasteiger partial charge is 0.296 e. The number of rotatable bonds is 4. The molecule has 1 aliphatic heterocycles. The predicted octanol–water partition coefficient (Wildman–Crippen LogP) is 1.86. The van der Waals surface area contributed by atoms with Gasteiger partial charge in [0.25, 0.3) is 11.4 Å². The molecule has 0 bridgehead atoms. The molecule has 0 amide bonds. The summed E-state index contributed by atoms with van der Waals surface area (Å²) in [5.74, 6) is 0. The van der Waals surface area contributed by atoms with Crippen LogP contribution in [-0.2, 0) is 0 Å². The van der Waals surface area contributed by atoms with Crippen LogP contribution in [0.25, 0.3) is 0 Å². The zero-order valence-corrected chi connectivity index (χ0v) is 11.8. The molecule has 0 saturated heterocycles. The van der Waals surface area contributed by atoms with Gasteiger partial charge in [0.2, 0.25) is 0 Å². The SMILES string of the molecule is O=[N+]([O-])c1ccc(Sc2ccc([N+](=O)[O-])c3c2=NCN=3)cc1. The number of hydrogen-bond acceptors (Lipinski definition) is 7. The van der Waals surface area contributed by atoms with Crippen LogP contribution in [0.4, 0.5) is 11.4 Å². The van der Waals surface area contributed by atoms with Crippen molar-refractivity contribution in [2.45, 2.75) is 9.79 Å². The van der Waals surface area contributed by atoms with Crippen molar-refractivity contribution >= 4 is 23.1 Å². The summed E-state index contributed by atoms with van der Waals surface area (Å²) >= 11 is 1.33. The second kappa shape index (κ2) is 5.53. The van der Waals surface area contributed by atoms with Gasteiger partial charge in [0.1, 0.15) is 12.0 Å². The fourth-order valence-electron chi connectivity index (χ4n) is 2.03. The molecular formula is C13H8N4O4S. The molecule has 8 nitrogen and oxygen atoms in total. The second-order valence-electron chi connectivity index (χ2n) is 4.35. The van der Waals surface area contributed by atoms with E-state index in [4.69, 9.17) is 0 Å². The second-order valence-corrected chi connectivity index (χ2v) is 5.46. The van der Waals surface area contributed by atoms with Gasteiger partial charge in [0.15, 0.2) is 5.36 Å². The third-order valence-corrected chi connectivity index (χ3v) is 4.08. The van der Waals surface area contributed by atoms with Gasteiger partial charge in [-0.25, -0.2) is 0 Å². The van der Waals surface area contributed by atoms with Gasteiger partial charge in [0.05, 0.1) is 9.85 Å². The number of non-ortho nitro benzene ring substituents is 2. The molecule has 2 aromatic carbocycles. The van der Waals surface area contributed by atoms with Gasteiger partial charge < -0.3 is 0 Å². The smallest absolute Gasteiger partial charge is 0.258 e. The molecule has 110 valence electrons. The lowest BCUT2D eigenvalue weighted by Gasteiger charge is -2.01. The van der Waals surface area contributed by atoms with E-state index in [0.717, 1.165) is 9.79 Å². The Morgan fingerprint density at radius 1 is 0.909 bits per heavy atom. The molecule has 1 aliphatic rings. The molecule has 0 fully saturated rings. The van der Waals surface area contributed by atoms with Crippen LogP contribution in [0.5, 0.6) is 0 Å². The fourth-order valence-corrected chi connectivity index (χ4v) is 2.95. The first-order valence-corrected chi connectivity index (χ1v) is 6.96. The first kappa shape index (κ1) is 14.1. The summed E-state index contributed by atoms with van der Waals surface area (Å²) in [4.78, 5) is 30.4. The maximum Gasteiger partial charge on any atom is 0.296 e. The molecule has 0 saturated carbocycles. The van der Waals surface area contributed by atoms with Crippen molar-refractivity contribution in [1.82, 2.24) is 0 Å². The van der Waals surface area contributed by atoms with Crippen LogP contribution in [0.1, 0.15) is 0 Å². The molecule has 9 heteroatoms. The van der Waals surface area contributed by atoms with E-state index >= 15 is 0 Å².